The minimum Gasteiger partial charge on any atom is -0.494 e. The van der Waals surface area contributed by atoms with Crippen LogP contribution in [0.25, 0.3) is 0 Å². The molecule has 306 valence electrons. The van der Waals surface area contributed by atoms with E-state index in [1.54, 1.807) is 78.9 Å². The van der Waals surface area contributed by atoms with Gasteiger partial charge in [-0.25, -0.2) is 24.0 Å². The van der Waals surface area contributed by atoms with E-state index in [2.05, 4.69) is 23.4 Å². The number of carbonyl (C=O) groups excluding carboxylic acids is 5. The number of carbonyl (C=O) groups is 5. The highest BCUT2D eigenvalue weighted by atomic mass is 16.6. The van der Waals surface area contributed by atoms with Crippen molar-refractivity contribution >= 4 is 42.3 Å². The van der Waals surface area contributed by atoms with Crippen molar-refractivity contribution < 1.29 is 57.1 Å². The standard InChI is InChI=1S/C45H44N2O12/c1-4-41(48)56-27-8-6-7-25-54-36-20-14-34(15-21-36)43(50)58-38-18-11-32(12-19-38)30-46-47-31-33-13-24-40(39(29-33)45(52)53-3)59-44(51)35-16-22-37(23-17-35)55-26-9-10-28-57-42(49)5-2/h4-5,11-24,29-31H,1-2,6-10,25-28H2,3H3/b46-30+,47-31+. The minimum atomic E-state index is -0.716. The van der Waals surface area contributed by atoms with Crippen LogP contribution in [0.15, 0.2) is 127 Å². The first-order chi connectivity index (χ1) is 28.7. The van der Waals surface area contributed by atoms with Crippen LogP contribution in [0.3, 0.4) is 0 Å². The summed E-state index contributed by atoms with van der Waals surface area (Å²) in [6, 6.07) is 24.1. The van der Waals surface area contributed by atoms with Gasteiger partial charge in [0, 0.05) is 12.2 Å². The maximum absolute atomic E-state index is 12.9. The van der Waals surface area contributed by atoms with Crippen LogP contribution >= 0.6 is 0 Å². The fraction of sp³-hybridized carbons (Fsp3) is 0.222. The highest BCUT2D eigenvalue weighted by molar-refractivity contribution is 5.98. The number of benzene rings is 4. The van der Waals surface area contributed by atoms with Crippen molar-refractivity contribution in [3.05, 3.63) is 144 Å². The first-order valence-electron chi connectivity index (χ1n) is 18.6. The quantitative estimate of drug-likeness (QED) is 0.0137. The third-order valence-electron chi connectivity index (χ3n) is 8.05. The molecule has 14 heteroatoms. The number of hydrogen-bond donors (Lipinski definition) is 0. The number of nitrogens with zero attached hydrogens (tertiary/aromatic N) is 2. The molecule has 0 aliphatic carbocycles. The van der Waals surface area contributed by atoms with Crippen molar-refractivity contribution in [2.45, 2.75) is 32.1 Å². The van der Waals surface area contributed by atoms with E-state index < -0.39 is 29.8 Å². The monoisotopic (exact) mass is 804 g/mol. The number of esters is 5. The van der Waals surface area contributed by atoms with Crippen LogP contribution in [-0.4, -0.2) is 75.8 Å². The molecule has 0 N–H and O–H groups in total. The zero-order valence-electron chi connectivity index (χ0n) is 32.5. The lowest BCUT2D eigenvalue weighted by Crippen LogP contribution is -2.13. The van der Waals surface area contributed by atoms with Gasteiger partial charge in [0.1, 0.15) is 28.6 Å². The van der Waals surface area contributed by atoms with E-state index in [0.717, 1.165) is 31.4 Å². The number of hydrogen-bond acceptors (Lipinski definition) is 14. The van der Waals surface area contributed by atoms with Crippen LogP contribution < -0.4 is 18.9 Å². The molecule has 0 aromatic heterocycles. The van der Waals surface area contributed by atoms with Crippen LogP contribution in [0.1, 0.15) is 74.3 Å². The van der Waals surface area contributed by atoms with Crippen LogP contribution in [0.5, 0.6) is 23.0 Å². The minimum absolute atomic E-state index is 0.00264. The van der Waals surface area contributed by atoms with Crippen LogP contribution in [0.2, 0.25) is 0 Å². The van der Waals surface area contributed by atoms with Gasteiger partial charge in [0.2, 0.25) is 0 Å². The molecule has 4 aromatic carbocycles. The molecule has 0 unspecified atom stereocenters. The third-order valence-corrected chi connectivity index (χ3v) is 8.05. The summed E-state index contributed by atoms with van der Waals surface area (Å²) >= 11 is 0. The third kappa shape index (κ3) is 15.6. The Balaban J connectivity index is 1.22. The summed E-state index contributed by atoms with van der Waals surface area (Å²) < 4.78 is 37.2. The Hall–Kier alpha value is -7.35. The van der Waals surface area contributed by atoms with Gasteiger partial charge in [-0.05, 0) is 134 Å². The fourth-order valence-electron chi connectivity index (χ4n) is 4.94. The molecule has 4 aromatic rings. The lowest BCUT2D eigenvalue weighted by Gasteiger charge is -2.10. The second kappa shape index (κ2) is 24.3. The van der Waals surface area contributed by atoms with Crippen molar-refractivity contribution in [2.75, 3.05) is 33.5 Å². The normalized spacial score (nSPS) is 10.7. The van der Waals surface area contributed by atoms with E-state index >= 15 is 0 Å². The molecule has 0 bridgehead atoms. The summed E-state index contributed by atoms with van der Waals surface area (Å²) in [6.07, 6.45) is 8.79. The molecule has 0 spiro atoms. The van der Waals surface area contributed by atoms with E-state index in [1.807, 2.05) is 0 Å². The number of unbranched alkanes of at least 4 members (excludes halogenated alkanes) is 3. The largest absolute Gasteiger partial charge is 0.494 e. The van der Waals surface area contributed by atoms with Crippen LogP contribution in [-0.2, 0) is 23.8 Å². The number of methoxy groups -OCH3 is 1. The molecule has 0 fully saturated rings. The first-order valence-corrected chi connectivity index (χ1v) is 18.6. The van der Waals surface area contributed by atoms with Gasteiger partial charge >= 0.3 is 29.8 Å². The Morgan fingerprint density at radius 2 is 0.983 bits per heavy atom. The van der Waals surface area contributed by atoms with E-state index in [1.165, 1.54) is 31.7 Å². The number of rotatable bonds is 23. The summed E-state index contributed by atoms with van der Waals surface area (Å²) in [4.78, 5) is 60.3. The van der Waals surface area contributed by atoms with Gasteiger partial charge in [-0.15, -0.1) is 0 Å². The van der Waals surface area contributed by atoms with Gasteiger partial charge in [-0.3, -0.25) is 0 Å². The Bertz CT molecular complexity index is 2110. The summed E-state index contributed by atoms with van der Waals surface area (Å²) in [5.41, 5.74) is 1.78. The smallest absolute Gasteiger partial charge is 0.343 e. The van der Waals surface area contributed by atoms with Crippen molar-refractivity contribution in [3.8, 4) is 23.0 Å². The molecule has 4 rings (SSSR count). The average molecular weight is 805 g/mol. The first kappa shape index (κ1) is 44.4. The van der Waals surface area contributed by atoms with Crippen molar-refractivity contribution in [2.24, 2.45) is 10.2 Å². The molecule has 0 heterocycles. The van der Waals surface area contributed by atoms with Gasteiger partial charge in [-0.1, -0.05) is 13.2 Å². The topological polar surface area (TPSA) is 175 Å². The second-order valence-corrected chi connectivity index (χ2v) is 12.3. The summed E-state index contributed by atoms with van der Waals surface area (Å²) in [6.45, 7) is 8.19. The SMILES string of the molecule is C=CC(=O)OCCCCCOc1ccc(C(=O)Oc2ccc(/C=N/N=C/c3ccc(OC(=O)c4ccc(OCCCCOC(=O)C=C)cc4)c(C(=O)OC)c3)cc2)cc1. The Morgan fingerprint density at radius 1 is 0.525 bits per heavy atom. The average Bonchev–Trinajstić information content (AvgIpc) is 3.26. The highest BCUT2D eigenvalue weighted by Gasteiger charge is 2.18. The Kier molecular flexibility index (Phi) is 18.3. The molecule has 0 saturated heterocycles. The molecule has 0 aliphatic heterocycles. The molecular weight excluding hydrogens is 760 g/mol. The predicted molar refractivity (Wildman–Crippen MR) is 219 cm³/mol. The lowest BCUT2D eigenvalue weighted by molar-refractivity contribution is -0.138. The molecule has 0 amide bonds. The van der Waals surface area contributed by atoms with Crippen LogP contribution in [0.4, 0.5) is 0 Å². The van der Waals surface area contributed by atoms with Crippen molar-refractivity contribution in [3.63, 3.8) is 0 Å². The highest BCUT2D eigenvalue weighted by Crippen LogP contribution is 2.23. The molecule has 59 heavy (non-hydrogen) atoms. The summed E-state index contributed by atoms with van der Waals surface area (Å²) in [5.74, 6) is -1.34. The van der Waals surface area contributed by atoms with E-state index in [-0.39, 0.29) is 23.5 Å². The van der Waals surface area contributed by atoms with Gasteiger partial charge in [0.05, 0.1) is 57.1 Å². The van der Waals surface area contributed by atoms with E-state index in [4.69, 9.17) is 33.2 Å². The van der Waals surface area contributed by atoms with E-state index in [0.29, 0.717) is 66.6 Å². The van der Waals surface area contributed by atoms with Crippen LogP contribution in [0, 0.1) is 0 Å². The van der Waals surface area contributed by atoms with Gasteiger partial charge in [-0.2, -0.15) is 10.2 Å². The molecule has 0 aliphatic rings. The molecule has 0 saturated carbocycles. The maximum Gasteiger partial charge on any atom is 0.343 e. The lowest BCUT2D eigenvalue weighted by atomic mass is 10.1. The predicted octanol–water partition coefficient (Wildman–Crippen LogP) is 7.53. The molecule has 14 nitrogen and oxygen atoms in total. The van der Waals surface area contributed by atoms with Gasteiger partial charge in [0.15, 0.2) is 0 Å². The van der Waals surface area contributed by atoms with Gasteiger partial charge < -0.3 is 33.2 Å². The van der Waals surface area contributed by atoms with E-state index in [9.17, 15) is 24.0 Å². The number of ether oxygens (including phenoxy) is 7. The molecule has 0 radical (unpaired) electrons. The maximum atomic E-state index is 12.9. The zero-order chi connectivity index (χ0) is 42.2. The summed E-state index contributed by atoms with van der Waals surface area (Å²) in [5, 5.41) is 8.11. The second-order valence-electron chi connectivity index (χ2n) is 12.3. The van der Waals surface area contributed by atoms with Gasteiger partial charge in [0.25, 0.3) is 0 Å². The zero-order valence-corrected chi connectivity index (χ0v) is 32.5. The van der Waals surface area contributed by atoms with Crippen molar-refractivity contribution in [1.29, 1.82) is 0 Å². The van der Waals surface area contributed by atoms with Crippen molar-refractivity contribution in [1.82, 2.24) is 0 Å². The Morgan fingerprint density at radius 3 is 1.53 bits per heavy atom. The molecular formula is C45H44N2O12. The Labute approximate surface area is 341 Å². The fourth-order valence-corrected chi connectivity index (χ4v) is 4.94. The summed E-state index contributed by atoms with van der Waals surface area (Å²) in [7, 11) is 1.21. The molecule has 0 atom stereocenters.